The van der Waals surface area contributed by atoms with Crippen LogP contribution in [0, 0.1) is 11.6 Å². The number of carbonyl (C=O) groups is 1. The van der Waals surface area contributed by atoms with E-state index in [4.69, 9.17) is 32.7 Å². The maximum Gasteiger partial charge on any atom is 0.185 e. The molecule has 6 nitrogen and oxygen atoms in total. The molecule has 0 aliphatic rings. The highest BCUT2D eigenvalue weighted by Crippen LogP contribution is 2.32. The molecule has 0 bridgehead atoms. The Balaban J connectivity index is 1.54. The maximum atomic E-state index is 15.0. The third-order valence-electron chi connectivity index (χ3n) is 5.77. The van der Waals surface area contributed by atoms with Crippen molar-refractivity contribution in [2.45, 2.75) is 12.1 Å². The number of halogens is 4. The van der Waals surface area contributed by atoms with Crippen LogP contribution >= 0.6 is 23.2 Å². The minimum Gasteiger partial charge on any atom is -0.490 e. The molecule has 4 aromatic rings. The number of ketones is 1. The highest BCUT2D eigenvalue weighted by molar-refractivity contribution is 6.35. The Morgan fingerprint density at radius 2 is 1.87 bits per heavy atom. The Morgan fingerprint density at radius 3 is 2.54 bits per heavy atom. The van der Waals surface area contributed by atoms with Gasteiger partial charge in [0.1, 0.15) is 42.2 Å². The Morgan fingerprint density at radius 1 is 1.08 bits per heavy atom. The van der Waals surface area contributed by atoms with Crippen molar-refractivity contribution in [3.05, 3.63) is 130 Å². The van der Waals surface area contributed by atoms with Gasteiger partial charge in [0.2, 0.25) is 0 Å². The molecule has 0 aliphatic heterocycles. The van der Waals surface area contributed by atoms with E-state index in [0.717, 1.165) is 12.1 Å². The largest absolute Gasteiger partial charge is 0.490 e. The van der Waals surface area contributed by atoms with Gasteiger partial charge in [-0.2, -0.15) is 5.10 Å². The van der Waals surface area contributed by atoms with Crippen LogP contribution in [0.5, 0.6) is 5.75 Å². The molecule has 1 aromatic heterocycles. The number of benzene rings is 3. The molecule has 0 spiro atoms. The van der Waals surface area contributed by atoms with Crippen LogP contribution in [0.15, 0.2) is 92.0 Å². The number of hydrogen-bond acceptors (Lipinski definition) is 5. The van der Waals surface area contributed by atoms with Crippen molar-refractivity contribution in [3.8, 4) is 5.75 Å². The minimum absolute atomic E-state index is 0.0258. The van der Waals surface area contributed by atoms with Crippen LogP contribution in [0.1, 0.15) is 21.5 Å². The standard InChI is InChI=1S/C29H23Cl2F2N3O3/c1-2-13-39-29(16-36-19-34-18-35-36,25-11-8-23(32)15-27(25)33)17-38-24-9-4-21(5-10-24)28(37)12-6-20-3-7-22(30)14-26(20)31/h2-12,14-15,18-19H,1,13,16-17H2. The number of carbonyl (C=O) groups excluding carboxylic acids is 1. The van der Waals surface area contributed by atoms with E-state index < -0.39 is 17.2 Å². The third kappa shape index (κ3) is 7.17. The first kappa shape index (κ1) is 28.2. The molecule has 0 amide bonds. The van der Waals surface area contributed by atoms with E-state index >= 15 is 4.39 Å². The molecule has 10 heteroatoms. The summed E-state index contributed by atoms with van der Waals surface area (Å²) in [4.78, 5) is 16.6. The van der Waals surface area contributed by atoms with Crippen molar-refractivity contribution in [3.63, 3.8) is 0 Å². The Bertz CT molecular complexity index is 1480. The Hall–Kier alpha value is -3.85. The first-order chi connectivity index (χ1) is 18.8. The topological polar surface area (TPSA) is 66.2 Å². The van der Waals surface area contributed by atoms with Crippen molar-refractivity contribution >= 4 is 35.1 Å². The van der Waals surface area contributed by atoms with Crippen LogP contribution in [0.2, 0.25) is 10.0 Å². The maximum absolute atomic E-state index is 15.0. The zero-order valence-corrected chi connectivity index (χ0v) is 22.1. The van der Waals surface area contributed by atoms with E-state index in [1.165, 1.54) is 35.6 Å². The van der Waals surface area contributed by atoms with Crippen LogP contribution in [0.25, 0.3) is 6.08 Å². The smallest absolute Gasteiger partial charge is 0.185 e. The summed E-state index contributed by atoms with van der Waals surface area (Å²) in [6.07, 6.45) is 7.33. The molecule has 0 N–H and O–H groups in total. The molecule has 39 heavy (non-hydrogen) atoms. The average molecular weight is 570 g/mol. The zero-order valence-electron chi connectivity index (χ0n) is 20.6. The molecule has 0 aliphatic carbocycles. The van der Waals surface area contributed by atoms with Crippen LogP contribution in [-0.2, 0) is 16.9 Å². The van der Waals surface area contributed by atoms with E-state index in [2.05, 4.69) is 16.7 Å². The van der Waals surface area contributed by atoms with Crippen molar-refractivity contribution in [2.24, 2.45) is 0 Å². The van der Waals surface area contributed by atoms with Crippen LogP contribution < -0.4 is 4.74 Å². The average Bonchev–Trinajstić information content (AvgIpc) is 3.43. The van der Waals surface area contributed by atoms with Gasteiger partial charge in [0, 0.05) is 27.2 Å². The summed E-state index contributed by atoms with van der Waals surface area (Å²) in [5.74, 6) is -1.35. The van der Waals surface area contributed by atoms with Gasteiger partial charge in [-0.3, -0.25) is 4.79 Å². The minimum atomic E-state index is -1.41. The molecule has 0 radical (unpaired) electrons. The van der Waals surface area contributed by atoms with Crippen molar-refractivity contribution in [2.75, 3.05) is 13.2 Å². The molecule has 4 rings (SSSR count). The third-order valence-corrected chi connectivity index (χ3v) is 6.33. The molecule has 1 heterocycles. The van der Waals surface area contributed by atoms with Crippen molar-refractivity contribution in [1.29, 1.82) is 0 Å². The zero-order chi connectivity index (χ0) is 27.8. The lowest BCUT2D eigenvalue weighted by molar-refractivity contribution is -0.0828. The molecule has 1 unspecified atom stereocenters. The first-order valence-corrected chi connectivity index (χ1v) is 12.5. The van der Waals surface area contributed by atoms with E-state index in [-0.39, 0.29) is 31.1 Å². The van der Waals surface area contributed by atoms with Gasteiger partial charge in [-0.1, -0.05) is 41.4 Å². The predicted octanol–water partition coefficient (Wildman–Crippen LogP) is 6.94. The fourth-order valence-electron chi connectivity index (χ4n) is 3.84. The monoisotopic (exact) mass is 569 g/mol. The number of allylic oxidation sites excluding steroid dienone is 1. The van der Waals surface area contributed by atoms with Gasteiger partial charge in [-0.05, 0) is 60.2 Å². The van der Waals surface area contributed by atoms with Crippen LogP contribution in [-0.4, -0.2) is 33.8 Å². The second-order valence-corrected chi connectivity index (χ2v) is 9.33. The van der Waals surface area contributed by atoms with Gasteiger partial charge >= 0.3 is 0 Å². The lowest BCUT2D eigenvalue weighted by Crippen LogP contribution is -2.42. The molecule has 200 valence electrons. The first-order valence-electron chi connectivity index (χ1n) is 11.7. The Kier molecular flexibility index (Phi) is 9.24. The van der Waals surface area contributed by atoms with E-state index in [0.29, 0.717) is 26.9 Å². The summed E-state index contributed by atoms with van der Waals surface area (Å²) in [6.45, 7) is 3.60. The number of hydrogen-bond donors (Lipinski definition) is 0. The summed E-state index contributed by atoms with van der Waals surface area (Å²) in [6, 6.07) is 14.7. The quantitative estimate of drug-likeness (QED) is 0.105. The van der Waals surface area contributed by atoms with Gasteiger partial charge in [-0.25, -0.2) is 18.4 Å². The van der Waals surface area contributed by atoms with Crippen molar-refractivity contribution in [1.82, 2.24) is 14.8 Å². The van der Waals surface area contributed by atoms with Crippen LogP contribution in [0.4, 0.5) is 8.78 Å². The fourth-order valence-corrected chi connectivity index (χ4v) is 4.31. The van der Waals surface area contributed by atoms with E-state index in [1.54, 1.807) is 48.5 Å². The van der Waals surface area contributed by atoms with Gasteiger partial charge < -0.3 is 9.47 Å². The highest BCUT2D eigenvalue weighted by Gasteiger charge is 2.38. The summed E-state index contributed by atoms with van der Waals surface area (Å²) >= 11 is 12.1. The molecule has 0 saturated carbocycles. The van der Waals surface area contributed by atoms with Crippen molar-refractivity contribution < 1.29 is 23.0 Å². The molecule has 1 atom stereocenters. The molecule has 3 aromatic carbocycles. The summed E-state index contributed by atoms with van der Waals surface area (Å²) in [5.41, 5.74) is -0.246. The summed E-state index contributed by atoms with van der Waals surface area (Å²) in [5, 5.41) is 5.04. The lowest BCUT2D eigenvalue weighted by atomic mass is 9.93. The van der Waals surface area contributed by atoms with E-state index in [1.807, 2.05) is 0 Å². The second kappa shape index (κ2) is 12.8. The lowest BCUT2D eigenvalue weighted by Gasteiger charge is -2.34. The molecular weight excluding hydrogens is 547 g/mol. The second-order valence-electron chi connectivity index (χ2n) is 8.49. The molecular formula is C29H23Cl2F2N3O3. The van der Waals surface area contributed by atoms with E-state index in [9.17, 15) is 9.18 Å². The number of rotatable bonds is 12. The predicted molar refractivity (Wildman–Crippen MR) is 146 cm³/mol. The highest BCUT2D eigenvalue weighted by atomic mass is 35.5. The summed E-state index contributed by atoms with van der Waals surface area (Å²) in [7, 11) is 0. The normalized spacial score (nSPS) is 12.8. The van der Waals surface area contributed by atoms with Gasteiger partial charge in [-0.15, -0.1) is 6.58 Å². The fraction of sp³-hybridized carbons (Fsp3) is 0.138. The number of aromatic nitrogens is 3. The number of nitrogens with zero attached hydrogens (tertiary/aromatic N) is 3. The Labute approximate surface area is 234 Å². The van der Waals surface area contributed by atoms with Crippen LogP contribution in [0.3, 0.4) is 0 Å². The molecule has 0 saturated heterocycles. The van der Waals surface area contributed by atoms with Gasteiger partial charge in [0.15, 0.2) is 5.78 Å². The molecule has 0 fully saturated rings. The SMILES string of the molecule is C=CCOC(COc1ccc(C(=O)C=Cc2ccc(Cl)cc2Cl)cc1)(Cn1cncn1)c1ccc(F)cc1F. The van der Waals surface area contributed by atoms with Gasteiger partial charge in [0.25, 0.3) is 0 Å². The van der Waals surface area contributed by atoms with Gasteiger partial charge in [0.05, 0.1) is 13.2 Å². The number of ether oxygens (including phenoxy) is 2. The summed E-state index contributed by atoms with van der Waals surface area (Å²) < 4.78 is 42.2.